The van der Waals surface area contributed by atoms with Gasteiger partial charge < -0.3 is 20.3 Å². The van der Waals surface area contributed by atoms with E-state index in [0.29, 0.717) is 16.0 Å². The summed E-state index contributed by atoms with van der Waals surface area (Å²) in [5.41, 5.74) is 0.846. The average molecular weight is 386 g/mol. The Balaban J connectivity index is 0.00000225. The van der Waals surface area contributed by atoms with Crippen LogP contribution in [0.25, 0.3) is 4.91 Å². The van der Waals surface area contributed by atoms with Crippen LogP contribution in [0, 0.1) is 5.92 Å². The fourth-order valence-electron chi connectivity index (χ4n) is 2.89. The first-order chi connectivity index (χ1) is 11.4. The number of thioether (sulfide) groups is 1. The van der Waals surface area contributed by atoms with Gasteiger partial charge in [-0.05, 0) is 24.6 Å². The van der Waals surface area contributed by atoms with Crippen molar-refractivity contribution in [3.8, 4) is 0 Å². The number of nitrogens with zero attached hydrogens (tertiary/aromatic N) is 1. The fraction of sp³-hybridized carbons (Fsp3) is 0.312. The summed E-state index contributed by atoms with van der Waals surface area (Å²) in [6.07, 6.45) is -0.857. The molecule has 0 radical (unpaired) electrons. The number of hydrogen-bond acceptors (Lipinski definition) is 6. The summed E-state index contributed by atoms with van der Waals surface area (Å²) in [4.78, 5) is 36.8. The summed E-state index contributed by atoms with van der Waals surface area (Å²) in [5.74, 6) is -2.73. The van der Waals surface area contributed by atoms with Gasteiger partial charge in [-0.2, -0.15) is 0 Å². The molecule has 0 aliphatic carbocycles. The van der Waals surface area contributed by atoms with Gasteiger partial charge in [-0.15, -0.1) is 0 Å². The standard InChI is InChI=1S/C16H16N2O5S.K/c1-7(19)10-14(21)18-11(16(22)23)12(24-15(10)18)8-3-5-9(6-4-8)13(20)17-2;/h3-7,10,15,19H,1-2H3,(H,17,20)(H,22,23);/q;+1/p-1/t7-,10+,15-;/m1./s1. The molecular weight excluding hydrogens is 371 g/mol. The smallest absolute Gasteiger partial charge is 0.543 e. The van der Waals surface area contributed by atoms with Crippen molar-refractivity contribution in [1.82, 2.24) is 10.2 Å². The Morgan fingerprint density at radius 2 is 1.92 bits per heavy atom. The van der Waals surface area contributed by atoms with E-state index in [4.69, 9.17) is 0 Å². The van der Waals surface area contributed by atoms with Gasteiger partial charge in [-0.25, -0.2) is 0 Å². The average Bonchev–Trinajstić information content (AvgIpc) is 2.89. The van der Waals surface area contributed by atoms with Crippen LogP contribution in [-0.2, 0) is 9.59 Å². The third-order valence-corrected chi connectivity index (χ3v) is 5.54. The summed E-state index contributed by atoms with van der Waals surface area (Å²) >= 11 is 1.21. The zero-order chi connectivity index (χ0) is 17.6. The number of hydrogen-bond donors (Lipinski definition) is 2. The summed E-state index contributed by atoms with van der Waals surface area (Å²) in [7, 11) is 1.52. The van der Waals surface area contributed by atoms with E-state index in [2.05, 4.69) is 5.32 Å². The molecule has 0 unspecified atom stereocenters. The summed E-state index contributed by atoms with van der Waals surface area (Å²) in [6.45, 7) is 1.51. The largest absolute Gasteiger partial charge is 1.00 e. The number of benzene rings is 1. The maximum atomic E-state index is 12.1. The molecule has 0 aromatic heterocycles. The van der Waals surface area contributed by atoms with Gasteiger partial charge in [0.25, 0.3) is 5.91 Å². The monoisotopic (exact) mass is 386 g/mol. The third-order valence-electron chi connectivity index (χ3n) is 4.13. The van der Waals surface area contributed by atoms with Crippen molar-refractivity contribution in [3.05, 3.63) is 41.1 Å². The van der Waals surface area contributed by atoms with E-state index >= 15 is 0 Å². The van der Waals surface area contributed by atoms with Crippen molar-refractivity contribution in [3.63, 3.8) is 0 Å². The zero-order valence-electron chi connectivity index (χ0n) is 14.0. The topological polar surface area (TPSA) is 110 Å². The van der Waals surface area contributed by atoms with Crippen molar-refractivity contribution in [2.45, 2.75) is 18.4 Å². The predicted molar refractivity (Wildman–Crippen MR) is 85.2 cm³/mol. The Labute approximate surface area is 191 Å². The molecule has 126 valence electrons. The van der Waals surface area contributed by atoms with E-state index in [0.717, 1.165) is 0 Å². The Morgan fingerprint density at radius 3 is 2.40 bits per heavy atom. The molecule has 3 rings (SSSR count). The minimum Gasteiger partial charge on any atom is -0.543 e. The quantitative estimate of drug-likeness (QED) is 0.408. The molecule has 2 amide bonds. The Morgan fingerprint density at radius 1 is 1.32 bits per heavy atom. The molecular formula is C16H15KN2O5S. The molecule has 25 heavy (non-hydrogen) atoms. The minimum absolute atomic E-state index is 0. The number of β-lactam (4-membered cyclic amide) rings is 1. The molecule has 0 bridgehead atoms. The molecule has 0 spiro atoms. The number of fused-ring (bicyclic) bond motifs is 1. The normalized spacial score (nSPS) is 22.7. The molecule has 1 saturated heterocycles. The number of amides is 2. The Kier molecular flexibility index (Phi) is 6.53. The summed E-state index contributed by atoms with van der Waals surface area (Å²) < 4.78 is 0. The van der Waals surface area contributed by atoms with Gasteiger partial charge in [0, 0.05) is 17.5 Å². The second-order valence-corrected chi connectivity index (χ2v) is 6.73. The first-order valence-corrected chi connectivity index (χ1v) is 8.20. The first-order valence-electron chi connectivity index (χ1n) is 7.32. The van der Waals surface area contributed by atoms with E-state index < -0.39 is 29.3 Å². The molecule has 7 nitrogen and oxygen atoms in total. The van der Waals surface area contributed by atoms with Gasteiger partial charge in [0.2, 0.25) is 5.91 Å². The van der Waals surface area contributed by atoms with E-state index in [1.165, 1.54) is 30.6 Å². The number of aliphatic carboxylic acids is 1. The molecule has 1 aromatic rings. The van der Waals surface area contributed by atoms with E-state index in [-0.39, 0.29) is 63.0 Å². The molecule has 2 N–H and O–H groups in total. The maximum Gasteiger partial charge on any atom is 1.00 e. The molecule has 3 atom stereocenters. The van der Waals surface area contributed by atoms with Crippen LogP contribution < -0.4 is 61.8 Å². The van der Waals surface area contributed by atoms with E-state index in [9.17, 15) is 24.6 Å². The van der Waals surface area contributed by atoms with E-state index in [1.54, 1.807) is 24.3 Å². The predicted octanol–water partition coefficient (Wildman–Crippen LogP) is -3.62. The molecule has 2 heterocycles. The number of aliphatic hydroxyl groups is 1. The number of carbonyl (C=O) groups excluding carboxylic acids is 3. The molecule has 1 fully saturated rings. The zero-order valence-corrected chi connectivity index (χ0v) is 17.9. The second-order valence-electron chi connectivity index (χ2n) is 5.60. The number of rotatable bonds is 4. The molecule has 1 aromatic carbocycles. The number of carbonyl (C=O) groups is 3. The minimum atomic E-state index is -1.44. The maximum absolute atomic E-state index is 12.1. The number of nitrogens with one attached hydrogen (secondary N) is 1. The van der Waals surface area contributed by atoms with Crippen LogP contribution in [0.4, 0.5) is 0 Å². The van der Waals surface area contributed by atoms with Crippen molar-refractivity contribution < 1.29 is 76.0 Å². The van der Waals surface area contributed by atoms with Gasteiger partial charge >= 0.3 is 51.4 Å². The Hall–Kier alpha value is -0.684. The van der Waals surface area contributed by atoms with Gasteiger partial charge in [0.05, 0.1) is 23.7 Å². The summed E-state index contributed by atoms with van der Waals surface area (Å²) in [5, 5.41) is 23.3. The fourth-order valence-corrected chi connectivity index (χ4v) is 4.51. The van der Waals surface area contributed by atoms with Crippen molar-refractivity contribution in [1.29, 1.82) is 0 Å². The molecule has 2 aliphatic heterocycles. The van der Waals surface area contributed by atoms with Crippen LogP contribution >= 0.6 is 11.8 Å². The van der Waals surface area contributed by atoms with Gasteiger partial charge in [0.1, 0.15) is 5.37 Å². The summed E-state index contributed by atoms with van der Waals surface area (Å²) in [6, 6.07) is 6.42. The van der Waals surface area contributed by atoms with Crippen LogP contribution in [-0.4, -0.2) is 46.3 Å². The van der Waals surface area contributed by atoms with Crippen LogP contribution in [0.15, 0.2) is 30.0 Å². The number of aliphatic hydroxyl groups excluding tert-OH is 1. The molecule has 9 heteroatoms. The molecule has 0 saturated carbocycles. The van der Waals surface area contributed by atoms with Gasteiger partial charge in [-0.3, -0.25) is 14.5 Å². The van der Waals surface area contributed by atoms with Crippen LogP contribution in [0.3, 0.4) is 0 Å². The van der Waals surface area contributed by atoms with Crippen LogP contribution in [0.2, 0.25) is 0 Å². The Bertz CT molecular complexity index is 762. The molecule has 2 aliphatic rings. The van der Waals surface area contributed by atoms with E-state index in [1.807, 2.05) is 0 Å². The van der Waals surface area contributed by atoms with Crippen molar-refractivity contribution in [2.75, 3.05) is 7.05 Å². The number of carboxylic acids is 1. The van der Waals surface area contributed by atoms with Crippen LogP contribution in [0.5, 0.6) is 0 Å². The second kappa shape index (κ2) is 7.91. The SMILES string of the molecule is CNC(=O)c1ccc(C2=C(C(=O)[O-])N3C(=O)[C@H]([C@@H](C)O)[C@H]3S2)cc1.[K+]. The third kappa shape index (κ3) is 3.46. The number of carboxylic acid groups (broad SMARTS) is 1. The van der Waals surface area contributed by atoms with Gasteiger partial charge in [-0.1, -0.05) is 23.9 Å². The van der Waals surface area contributed by atoms with Crippen LogP contribution in [0.1, 0.15) is 22.8 Å². The van der Waals surface area contributed by atoms with Crippen molar-refractivity contribution in [2.24, 2.45) is 5.92 Å². The van der Waals surface area contributed by atoms with Gasteiger partial charge in [0.15, 0.2) is 0 Å². The first kappa shape index (κ1) is 20.6. The van der Waals surface area contributed by atoms with Crippen molar-refractivity contribution >= 4 is 34.5 Å².